The Morgan fingerprint density at radius 3 is 2.42 bits per heavy atom. The number of thioether (sulfide) groups is 1. The molecule has 0 aromatic heterocycles. The van der Waals surface area contributed by atoms with E-state index in [1.807, 2.05) is 43.3 Å². The number of carbonyl (C=O) groups is 1. The summed E-state index contributed by atoms with van der Waals surface area (Å²) >= 11 is 1.33. The Morgan fingerprint density at radius 1 is 1.16 bits per heavy atom. The zero-order chi connectivity index (χ0) is 22.4. The van der Waals surface area contributed by atoms with E-state index in [9.17, 15) is 13.6 Å². The minimum atomic E-state index is -2.91. The lowest BCUT2D eigenvalue weighted by Gasteiger charge is -2.17. The highest BCUT2D eigenvalue weighted by Gasteiger charge is 2.31. The predicted octanol–water partition coefficient (Wildman–Crippen LogP) is 4.85. The lowest BCUT2D eigenvalue weighted by molar-refractivity contribution is -0.113. The molecule has 8 heteroatoms. The van der Waals surface area contributed by atoms with Crippen molar-refractivity contribution in [2.24, 2.45) is 4.99 Å². The molecule has 0 atom stereocenters. The lowest BCUT2D eigenvalue weighted by atomic mass is 10.1. The molecule has 2 aromatic carbocycles. The summed E-state index contributed by atoms with van der Waals surface area (Å²) in [4.78, 5) is 21.1. The van der Waals surface area contributed by atoms with Gasteiger partial charge in [0.05, 0.1) is 11.4 Å². The van der Waals surface area contributed by atoms with Crippen LogP contribution in [0.15, 0.2) is 59.2 Å². The quantitative estimate of drug-likeness (QED) is 0.475. The van der Waals surface area contributed by atoms with Crippen LogP contribution in [0.4, 0.5) is 20.2 Å². The van der Waals surface area contributed by atoms with E-state index in [2.05, 4.69) is 21.6 Å². The largest absolute Gasteiger partial charge is 0.435 e. The van der Waals surface area contributed by atoms with Gasteiger partial charge >= 0.3 is 6.61 Å². The molecule has 0 radical (unpaired) electrons. The van der Waals surface area contributed by atoms with Gasteiger partial charge in [0.2, 0.25) is 0 Å². The number of anilines is 2. The van der Waals surface area contributed by atoms with E-state index in [1.54, 1.807) is 25.1 Å². The zero-order valence-corrected chi connectivity index (χ0v) is 18.1. The van der Waals surface area contributed by atoms with Gasteiger partial charge in [0, 0.05) is 19.8 Å². The second-order valence-electron chi connectivity index (χ2n) is 6.64. The highest BCUT2D eigenvalue weighted by atomic mass is 32.2. The molecule has 1 aliphatic rings. The number of rotatable bonds is 6. The van der Waals surface area contributed by atoms with Crippen LogP contribution >= 0.6 is 11.8 Å². The summed E-state index contributed by atoms with van der Waals surface area (Å²) in [6.07, 6.45) is 1.72. The fourth-order valence-corrected chi connectivity index (χ4v) is 3.62. The molecule has 0 bridgehead atoms. The Bertz CT molecular complexity index is 1050. The molecule has 0 unspecified atom stereocenters. The highest BCUT2D eigenvalue weighted by Crippen LogP contribution is 2.31. The van der Waals surface area contributed by atoms with Gasteiger partial charge < -0.3 is 9.64 Å². The Labute approximate surface area is 184 Å². The SMILES string of the molecule is CC#CCSC1=N/C(=C/c2ccc(N(C)C)cc2)C(=O)N1c1ccc(OC(F)F)cc1. The van der Waals surface area contributed by atoms with E-state index in [0.29, 0.717) is 16.6 Å². The van der Waals surface area contributed by atoms with Crippen LogP contribution in [0.1, 0.15) is 12.5 Å². The van der Waals surface area contributed by atoms with E-state index < -0.39 is 6.61 Å². The average Bonchev–Trinajstić information content (AvgIpc) is 3.04. The predicted molar refractivity (Wildman–Crippen MR) is 123 cm³/mol. The first kappa shape index (κ1) is 22.4. The van der Waals surface area contributed by atoms with Gasteiger partial charge in [-0.15, -0.1) is 5.92 Å². The van der Waals surface area contributed by atoms with Gasteiger partial charge in [-0.3, -0.25) is 9.69 Å². The molecule has 0 aliphatic carbocycles. The minimum Gasteiger partial charge on any atom is -0.435 e. The Kier molecular flexibility index (Phi) is 7.32. The average molecular weight is 442 g/mol. The van der Waals surface area contributed by atoms with Crippen LogP contribution in [-0.4, -0.2) is 37.5 Å². The van der Waals surface area contributed by atoms with Crippen molar-refractivity contribution in [2.45, 2.75) is 13.5 Å². The Hall–Kier alpha value is -3.31. The molecule has 1 amide bonds. The van der Waals surface area contributed by atoms with Crippen molar-refractivity contribution in [1.82, 2.24) is 0 Å². The third-order valence-corrected chi connectivity index (χ3v) is 5.13. The molecule has 0 saturated heterocycles. The number of carbonyl (C=O) groups excluding carboxylic acids is 1. The number of hydrogen-bond donors (Lipinski definition) is 0. The molecule has 5 nitrogen and oxygen atoms in total. The van der Waals surface area contributed by atoms with Gasteiger partial charge in [-0.1, -0.05) is 29.8 Å². The summed E-state index contributed by atoms with van der Waals surface area (Å²) in [7, 11) is 3.91. The topological polar surface area (TPSA) is 45.1 Å². The first-order chi connectivity index (χ1) is 14.9. The van der Waals surface area contributed by atoms with Gasteiger partial charge in [-0.25, -0.2) is 4.99 Å². The molecule has 1 aliphatic heterocycles. The molecule has 0 N–H and O–H groups in total. The number of aliphatic imine (C=N–C) groups is 1. The first-order valence-corrected chi connectivity index (χ1v) is 10.4. The third-order valence-electron chi connectivity index (χ3n) is 4.31. The summed E-state index contributed by atoms with van der Waals surface area (Å²) < 4.78 is 29.2. The van der Waals surface area contributed by atoms with Crippen LogP contribution in [0.5, 0.6) is 5.75 Å². The van der Waals surface area contributed by atoms with Crippen LogP contribution in [-0.2, 0) is 4.79 Å². The molecule has 3 rings (SSSR count). The first-order valence-electron chi connectivity index (χ1n) is 9.38. The number of benzene rings is 2. The van der Waals surface area contributed by atoms with E-state index >= 15 is 0 Å². The van der Waals surface area contributed by atoms with Crippen LogP contribution in [0, 0.1) is 11.8 Å². The Morgan fingerprint density at radius 2 is 1.84 bits per heavy atom. The monoisotopic (exact) mass is 441 g/mol. The fraction of sp³-hybridized carbons (Fsp3) is 0.217. The van der Waals surface area contributed by atoms with Crippen LogP contribution in [0.25, 0.3) is 6.08 Å². The zero-order valence-electron chi connectivity index (χ0n) is 17.3. The van der Waals surface area contributed by atoms with Crippen molar-refractivity contribution in [1.29, 1.82) is 0 Å². The summed E-state index contributed by atoms with van der Waals surface area (Å²) in [5, 5.41) is 0.478. The van der Waals surface area contributed by atoms with Crippen molar-refractivity contribution in [3.8, 4) is 17.6 Å². The second-order valence-corrected chi connectivity index (χ2v) is 7.58. The Balaban J connectivity index is 1.90. The van der Waals surface area contributed by atoms with E-state index in [1.165, 1.54) is 28.8 Å². The standard InChI is InChI=1S/C23H21F2N3O2S/c1-4-5-14-31-23-26-20(15-16-6-8-17(9-7-16)27(2)3)21(29)28(23)18-10-12-19(13-11-18)30-22(24)25/h6-13,15,22H,14H2,1-3H3/b20-15+. The van der Waals surface area contributed by atoms with Crippen LogP contribution < -0.4 is 14.5 Å². The third kappa shape index (κ3) is 5.64. The van der Waals surface area contributed by atoms with Crippen molar-refractivity contribution >= 4 is 40.3 Å². The summed E-state index contributed by atoms with van der Waals surface area (Å²) in [5.74, 6) is 5.94. The summed E-state index contributed by atoms with van der Waals surface area (Å²) in [6, 6.07) is 13.6. The van der Waals surface area contributed by atoms with Crippen molar-refractivity contribution in [3.05, 3.63) is 59.8 Å². The molecular formula is C23H21F2N3O2S. The van der Waals surface area contributed by atoms with Crippen molar-refractivity contribution in [2.75, 3.05) is 29.6 Å². The number of nitrogens with zero attached hydrogens (tertiary/aromatic N) is 3. The van der Waals surface area contributed by atoms with Crippen molar-refractivity contribution in [3.63, 3.8) is 0 Å². The number of amidine groups is 1. The summed E-state index contributed by atoms with van der Waals surface area (Å²) in [6.45, 7) is -1.17. The van der Waals surface area contributed by atoms with E-state index in [-0.39, 0.29) is 17.4 Å². The minimum absolute atomic E-state index is 0.0186. The lowest BCUT2D eigenvalue weighted by Crippen LogP contribution is -2.30. The van der Waals surface area contributed by atoms with E-state index in [4.69, 9.17) is 0 Å². The number of ether oxygens (including phenoxy) is 1. The highest BCUT2D eigenvalue weighted by molar-refractivity contribution is 8.14. The molecule has 2 aromatic rings. The smallest absolute Gasteiger partial charge is 0.387 e. The molecule has 0 fully saturated rings. The van der Waals surface area contributed by atoms with Gasteiger partial charge in [0.25, 0.3) is 5.91 Å². The molecule has 160 valence electrons. The van der Waals surface area contributed by atoms with Gasteiger partial charge in [-0.2, -0.15) is 8.78 Å². The number of alkyl halides is 2. The maximum atomic E-state index is 13.1. The van der Waals surface area contributed by atoms with Gasteiger partial charge in [-0.05, 0) is 55.0 Å². The van der Waals surface area contributed by atoms with Gasteiger partial charge in [0.1, 0.15) is 11.4 Å². The number of halogens is 2. The second kappa shape index (κ2) is 10.1. The van der Waals surface area contributed by atoms with E-state index in [0.717, 1.165) is 11.3 Å². The molecule has 0 saturated carbocycles. The normalized spacial score (nSPS) is 14.5. The maximum absolute atomic E-state index is 13.1. The summed E-state index contributed by atoms with van der Waals surface area (Å²) in [5.41, 5.74) is 2.69. The molecule has 31 heavy (non-hydrogen) atoms. The molecule has 0 spiro atoms. The fourth-order valence-electron chi connectivity index (χ4n) is 2.80. The van der Waals surface area contributed by atoms with Gasteiger partial charge in [0.15, 0.2) is 5.17 Å². The number of amides is 1. The maximum Gasteiger partial charge on any atom is 0.387 e. The number of hydrogen-bond acceptors (Lipinski definition) is 5. The van der Waals surface area contributed by atoms with Crippen LogP contribution in [0.2, 0.25) is 0 Å². The molecular weight excluding hydrogens is 420 g/mol. The van der Waals surface area contributed by atoms with Crippen molar-refractivity contribution < 1.29 is 18.3 Å². The molecule has 1 heterocycles. The van der Waals surface area contributed by atoms with Crippen LogP contribution in [0.3, 0.4) is 0 Å².